The Bertz CT molecular complexity index is 2270. The minimum Gasteiger partial charge on any atom is -0.504 e. The van der Waals surface area contributed by atoms with Crippen LogP contribution in [0.15, 0.2) is 28.9 Å². The number of rotatable bonds is 16. The molecule has 2 aliphatic rings. The van der Waals surface area contributed by atoms with Crippen LogP contribution in [0.4, 0.5) is 5.13 Å². The van der Waals surface area contributed by atoms with Crippen LogP contribution in [-0.2, 0) is 29.5 Å². The molecule has 2 aliphatic heterocycles. The van der Waals surface area contributed by atoms with Crippen LogP contribution in [-0.4, -0.2) is 146 Å². The molecule has 314 valence electrons. The number of carboxylic acid groups (broad SMARTS) is 1. The first-order chi connectivity index (χ1) is 27.0. The molecule has 3 aromatic rings. The Morgan fingerprint density at radius 1 is 1.21 bits per heavy atom. The van der Waals surface area contributed by atoms with E-state index in [1.807, 2.05) is 7.05 Å². The maximum atomic E-state index is 13.4. The number of carbonyl (C=O) groups is 5. The van der Waals surface area contributed by atoms with Gasteiger partial charge in [0.2, 0.25) is 5.60 Å². The van der Waals surface area contributed by atoms with Crippen molar-refractivity contribution in [1.82, 2.24) is 30.2 Å². The van der Waals surface area contributed by atoms with Gasteiger partial charge >= 0.3 is 16.3 Å². The Labute approximate surface area is 343 Å². The lowest BCUT2D eigenvalue weighted by Gasteiger charge is -2.44. The van der Waals surface area contributed by atoms with Gasteiger partial charge in [-0.2, -0.15) is 8.42 Å². The molecule has 2 saturated heterocycles. The second kappa shape index (κ2) is 17.0. The third-order valence-corrected chi connectivity index (χ3v) is 12.5. The fourth-order valence-electron chi connectivity index (χ4n) is 6.27. The van der Waals surface area contributed by atoms with Crippen molar-refractivity contribution in [3.05, 3.63) is 49.9 Å². The Morgan fingerprint density at radius 2 is 1.91 bits per heavy atom. The van der Waals surface area contributed by atoms with E-state index in [1.165, 1.54) is 17.6 Å². The number of carboxylic acids is 1. The highest BCUT2D eigenvalue weighted by Gasteiger charge is 2.54. The van der Waals surface area contributed by atoms with Crippen LogP contribution in [0.3, 0.4) is 0 Å². The summed E-state index contributed by atoms with van der Waals surface area (Å²) in [5, 5.41) is 41.6. The number of nitrogens with two attached hydrogens (primary N) is 2. The average Bonchev–Trinajstić information content (AvgIpc) is 3.90. The number of anilines is 1. The third-order valence-electron chi connectivity index (χ3n) is 9.35. The summed E-state index contributed by atoms with van der Waals surface area (Å²) in [6.07, 6.45) is 2.05. The Hall–Kier alpha value is -5.18. The van der Waals surface area contributed by atoms with Gasteiger partial charge in [0.15, 0.2) is 22.3 Å². The minimum absolute atomic E-state index is 0.0166. The summed E-state index contributed by atoms with van der Waals surface area (Å²) in [4.78, 5) is 77.2. The first-order valence-electron chi connectivity index (χ1n) is 17.2. The molecule has 2 fully saturated rings. The van der Waals surface area contributed by atoms with Gasteiger partial charge in [-0.25, -0.2) is 19.1 Å². The monoisotopic (exact) mass is 887 g/mol. The maximum absolute atomic E-state index is 13.4. The third kappa shape index (κ3) is 9.74. The lowest BCUT2D eigenvalue weighted by molar-refractivity contribution is -0.898. The van der Waals surface area contributed by atoms with Crippen LogP contribution in [0.25, 0.3) is 0 Å². The highest BCUT2D eigenvalue weighted by Crippen LogP contribution is 2.36. The van der Waals surface area contributed by atoms with E-state index in [0.717, 1.165) is 42.6 Å². The second-order valence-electron chi connectivity index (χ2n) is 14.3. The van der Waals surface area contributed by atoms with E-state index in [4.69, 9.17) is 27.9 Å². The summed E-state index contributed by atoms with van der Waals surface area (Å²) in [7, 11) is -3.14. The number of β-lactam (4-membered cyclic amide) rings is 1. The number of thiazole rings is 2. The molecule has 0 spiro atoms. The fourth-order valence-corrected chi connectivity index (χ4v) is 8.90. The highest BCUT2D eigenvalue weighted by molar-refractivity contribution is 7.84. The Balaban J connectivity index is 1.19. The summed E-state index contributed by atoms with van der Waals surface area (Å²) < 4.78 is 34.6. The zero-order chi connectivity index (χ0) is 42.9. The van der Waals surface area contributed by atoms with E-state index in [-0.39, 0.29) is 43.1 Å². The predicted molar refractivity (Wildman–Crippen MR) is 208 cm³/mol. The molecule has 1 unspecified atom stereocenters. The number of benzene rings is 1. The van der Waals surface area contributed by atoms with Gasteiger partial charge in [-0.15, -0.1) is 22.7 Å². The number of phenols is 2. The van der Waals surface area contributed by atoms with Gasteiger partial charge in [0.1, 0.15) is 21.6 Å². The normalized spacial score (nSPS) is 21.6. The molecule has 1 aromatic carbocycles. The number of oxime groups is 1. The van der Waals surface area contributed by atoms with Crippen molar-refractivity contribution >= 4 is 85.0 Å². The second-order valence-corrected chi connectivity index (χ2v) is 17.9. The molecule has 2 aromatic heterocycles. The number of aliphatic carboxylic acids is 1. The van der Waals surface area contributed by atoms with Crippen LogP contribution in [0, 0.1) is 0 Å². The van der Waals surface area contributed by atoms with Crippen molar-refractivity contribution < 1.29 is 61.6 Å². The lowest BCUT2D eigenvalue weighted by atomic mass is 9.98. The number of halogens is 1. The van der Waals surface area contributed by atoms with Gasteiger partial charge in [0.05, 0.1) is 61.5 Å². The van der Waals surface area contributed by atoms with Crippen LogP contribution in [0.5, 0.6) is 11.5 Å². The number of amides is 4. The van der Waals surface area contributed by atoms with E-state index in [2.05, 4.69) is 31.1 Å². The number of carbonyl (C=O) groups excluding carboxylic acids is 4. The summed E-state index contributed by atoms with van der Waals surface area (Å²) in [6, 6.07) is -1.14. The van der Waals surface area contributed by atoms with E-state index < -0.39 is 87.4 Å². The molecule has 0 saturated carbocycles. The number of aromatic hydroxyl groups is 2. The van der Waals surface area contributed by atoms with Crippen LogP contribution >= 0.6 is 34.3 Å². The molecule has 4 amide bonds. The van der Waals surface area contributed by atoms with Crippen molar-refractivity contribution in [2.75, 3.05) is 45.5 Å². The van der Waals surface area contributed by atoms with Crippen LogP contribution in [0.2, 0.25) is 5.02 Å². The number of hydrogen-bond acceptors (Lipinski definition) is 17. The number of hydrogen-bond donors (Lipinski definition) is 9. The number of likely N-dealkylation sites (N-methyl/N-ethyl adjacent to an activating group) is 1. The highest BCUT2D eigenvalue weighted by atomic mass is 35.5. The van der Waals surface area contributed by atoms with E-state index in [1.54, 1.807) is 0 Å². The zero-order valence-electron chi connectivity index (χ0n) is 30.9. The topological polar surface area (TPSA) is 339 Å². The Morgan fingerprint density at radius 3 is 2.55 bits per heavy atom. The van der Waals surface area contributed by atoms with E-state index in [0.29, 0.717) is 35.5 Å². The molecular formula is C32H40ClN10O12S3+. The number of nitrogens with one attached hydrogen (secondary N) is 3. The smallest absolute Gasteiger partial charge is 0.362 e. The standard InChI is InChI=1S/C32H39ClN10O12S3/c1-32(2,30(50)51)55-41-22(17-13-56-31(35)39-17)27(48)40-23-18(42(29(23)49)58(52,53)54)9-37-26(47)20-10-38-28(57-20)14-6-7-43(3,11-14)12-15(34)8-36-25(46)16-4-5-19(44)24(45)21(16)33/h4-5,10,13-15,18,23H,6-9,11-12,34H2,1-3H3,(H8-,35,36,37,39,40,41,44,45,46,47,48,50,51,52,53,54)/p+1/t14-,15-,18-,23+,43?/m1/s1. The Kier molecular flexibility index (Phi) is 12.9. The predicted octanol–water partition coefficient (Wildman–Crippen LogP) is -0.550. The van der Waals surface area contributed by atoms with Gasteiger partial charge in [0, 0.05) is 24.9 Å². The molecule has 5 rings (SSSR count). The first kappa shape index (κ1) is 43.9. The number of phenolic OH excluding ortho intramolecular Hbond substituents is 2. The molecule has 4 heterocycles. The molecule has 58 heavy (non-hydrogen) atoms. The SMILES string of the molecule is CC(C)(O/N=C(\C(=O)N[C@@H]1C(=O)N(S(=O)(=O)O)[C@@H]1CNC(=O)c1cnc([C@@H]2CC[N+](C)(C[C@H](N)CNC(=O)c3ccc(O)c(O)c3Cl)C2)s1)c1csc(N)n1)C(=O)O. The van der Waals surface area contributed by atoms with Crippen LogP contribution in [0.1, 0.15) is 56.9 Å². The molecule has 5 atom stereocenters. The molecule has 0 aliphatic carbocycles. The first-order valence-corrected chi connectivity index (χ1v) is 20.6. The van der Waals surface area contributed by atoms with Crippen molar-refractivity contribution in [2.24, 2.45) is 10.9 Å². The van der Waals surface area contributed by atoms with Crippen molar-refractivity contribution in [3.63, 3.8) is 0 Å². The number of quaternary nitrogens is 1. The summed E-state index contributed by atoms with van der Waals surface area (Å²) in [6.45, 7) is 3.67. The zero-order valence-corrected chi connectivity index (χ0v) is 34.1. The van der Waals surface area contributed by atoms with Crippen molar-refractivity contribution in [1.29, 1.82) is 0 Å². The summed E-state index contributed by atoms with van der Waals surface area (Å²) in [5.41, 5.74) is 9.39. The van der Waals surface area contributed by atoms with Crippen LogP contribution < -0.4 is 27.4 Å². The molecule has 0 radical (unpaired) electrons. The van der Waals surface area contributed by atoms with Gasteiger partial charge in [-0.05, 0) is 26.0 Å². The van der Waals surface area contributed by atoms with Gasteiger partial charge in [-0.1, -0.05) is 16.8 Å². The quantitative estimate of drug-likeness (QED) is 0.0218. The lowest BCUT2D eigenvalue weighted by Crippen LogP contribution is -2.74. The van der Waals surface area contributed by atoms with Gasteiger partial charge < -0.3 is 52.1 Å². The van der Waals surface area contributed by atoms with Crippen molar-refractivity contribution in [2.45, 2.75) is 49.9 Å². The number of nitrogens with zero attached hydrogens (tertiary/aromatic N) is 5. The number of aromatic nitrogens is 2. The van der Waals surface area contributed by atoms with Gasteiger partial charge in [0.25, 0.3) is 23.6 Å². The fraction of sp³-hybridized carbons (Fsp3) is 0.438. The summed E-state index contributed by atoms with van der Waals surface area (Å²) >= 11 is 8.01. The van der Waals surface area contributed by atoms with E-state index >= 15 is 0 Å². The molecule has 26 heteroatoms. The average molecular weight is 888 g/mol. The van der Waals surface area contributed by atoms with Gasteiger partial charge in [-0.3, -0.25) is 23.7 Å². The number of nitrogen functional groups attached to an aromatic ring is 1. The summed E-state index contributed by atoms with van der Waals surface area (Å²) in [5.74, 6) is -6.15. The molecular weight excluding hydrogens is 848 g/mol. The molecule has 0 bridgehead atoms. The maximum Gasteiger partial charge on any atom is 0.362 e. The largest absolute Gasteiger partial charge is 0.504 e. The van der Waals surface area contributed by atoms with E-state index in [9.17, 15) is 52.3 Å². The van der Waals surface area contributed by atoms with Crippen molar-refractivity contribution in [3.8, 4) is 11.5 Å². The minimum atomic E-state index is -5.14. The molecule has 11 N–H and O–H groups in total. The number of likely N-dealkylation sites (tertiary alicyclic amines) is 1. The molecule has 22 nitrogen and oxygen atoms in total.